The zero-order valence-corrected chi connectivity index (χ0v) is 21.3. The molecule has 34 valence electrons. The van der Waals surface area contributed by atoms with E-state index in [1.807, 2.05) is 0 Å². The summed E-state index contributed by atoms with van der Waals surface area (Å²) in [5, 5.41) is 0. The van der Waals surface area contributed by atoms with Crippen LogP contribution in [-0.4, -0.2) is 26.2 Å². The van der Waals surface area contributed by atoms with Crippen molar-refractivity contribution in [2.75, 3.05) is 0 Å². The maximum atomic E-state index is 0. The summed E-state index contributed by atoms with van der Waals surface area (Å²) in [4.78, 5) is 0. The molecule has 0 aromatic carbocycles. The molecule has 0 nitrogen and oxygen atoms in total. The van der Waals surface area contributed by atoms with E-state index in [2.05, 4.69) is 0 Å². The summed E-state index contributed by atoms with van der Waals surface area (Å²) >= 11 is 0. The molecule has 0 aromatic rings. The first-order valence-electron chi connectivity index (χ1n) is 0. The summed E-state index contributed by atoms with van der Waals surface area (Å²) in [6, 6.07) is 0. The first-order chi connectivity index (χ1) is 0. The van der Waals surface area contributed by atoms with Crippen LogP contribution in [0.2, 0.25) is 0 Å². The molecule has 0 heterocycles. The Hall–Kier alpha value is 5.86. The Balaban J connectivity index is 0. The molecule has 0 aliphatic heterocycles. The van der Waals surface area contributed by atoms with E-state index >= 15 is 0 Å². The Morgan fingerprint density at radius 2 is 0.500 bits per heavy atom. The van der Waals surface area contributed by atoms with Gasteiger partial charge in [0.05, 0.1) is 0 Å². The third-order valence-electron chi connectivity index (χ3n) is 0. The molecule has 0 rings (SSSR count). The van der Waals surface area contributed by atoms with Crippen molar-refractivity contribution < 1.29 is 165 Å². The average molecular weight is 850 g/mol. The van der Waals surface area contributed by atoms with Crippen molar-refractivity contribution in [2.45, 2.75) is 0 Å². The van der Waals surface area contributed by atoms with Gasteiger partial charge in [-0.2, -0.15) is 0 Å². The van der Waals surface area contributed by atoms with Crippen molar-refractivity contribution in [3.05, 3.63) is 0 Å². The van der Waals surface area contributed by atoms with Crippen molar-refractivity contribution in [1.82, 2.24) is 0 Å². The summed E-state index contributed by atoms with van der Waals surface area (Å²) in [5.74, 6) is 0. The van der Waals surface area contributed by atoms with Crippen molar-refractivity contribution in [1.29, 1.82) is 0 Å². The molecule has 0 N–H and O–H groups in total. The molecule has 0 aromatic heterocycles. The van der Waals surface area contributed by atoms with Crippen LogP contribution in [0.3, 0.4) is 0 Å². The van der Waals surface area contributed by atoms with Crippen molar-refractivity contribution in [3.63, 3.8) is 0 Å². The molecule has 0 aliphatic rings. The zero-order valence-electron chi connectivity index (χ0n) is 2.96. The van der Waals surface area contributed by atoms with Gasteiger partial charge in [0, 0.05) is 0 Å². The fourth-order valence-corrected chi connectivity index (χ4v) is 0. The first kappa shape index (κ1) is 40.7. The summed E-state index contributed by atoms with van der Waals surface area (Å²) in [6.45, 7) is 0. The third kappa shape index (κ3) is 22.5. The van der Waals surface area contributed by atoms with Crippen LogP contribution in [-0.2, 0) is 0 Å². The summed E-state index contributed by atoms with van der Waals surface area (Å²) in [6.07, 6.45) is 0. The second-order valence-corrected chi connectivity index (χ2v) is 0. The smallest absolute Gasteiger partial charge is 1.00 e. The molecule has 0 bridgehead atoms. The van der Waals surface area contributed by atoms with Gasteiger partial charge in [0.15, 0.2) is 0 Å². The SMILES string of the molecule is [Bi+3].[Cs+].[I-].[I-].[I-].[I-]. The van der Waals surface area contributed by atoms with Gasteiger partial charge in [0.2, 0.25) is 0 Å². The van der Waals surface area contributed by atoms with E-state index in [-0.39, 0.29) is 191 Å². The number of hydrogen-bond acceptors (Lipinski definition) is 0. The minimum atomic E-state index is 0. The average Bonchev–Trinajstić information content (AvgIpc) is 0. The Morgan fingerprint density at radius 1 is 0.500 bits per heavy atom. The molecule has 0 saturated heterocycles. The van der Waals surface area contributed by atoms with Crippen molar-refractivity contribution in [3.8, 4) is 0 Å². The molecule has 0 unspecified atom stereocenters. The third-order valence-corrected chi connectivity index (χ3v) is 0. The minimum absolute atomic E-state index is 0. The number of hydrogen-bond donors (Lipinski definition) is 0. The monoisotopic (exact) mass is 850 g/mol. The fourth-order valence-electron chi connectivity index (χ4n) is 0. The Labute approximate surface area is 184 Å². The van der Waals surface area contributed by atoms with Crippen LogP contribution in [0.15, 0.2) is 0 Å². The summed E-state index contributed by atoms with van der Waals surface area (Å²) < 4.78 is 0. The molecule has 6 heteroatoms. The van der Waals surface area contributed by atoms with Crippen molar-refractivity contribution >= 4 is 26.2 Å². The zero-order chi connectivity index (χ0) is 0. The normalized spacial score (nSPS) is 0. The van der Waals surface area contributed by atoms with Gasteiger partial charge in [-0.15, -0.1) is 0 Å². The Kier molecular flexibility index (Phi) is 209. The van der Waals surface area contributed by atoms with Crippen LogP contribution in [0, 0.1) is 0 Å². The van der Waals surface area contributed by atoms with Crippen LogP contribution in [0.1, 0.15) is 0 Å². The second kappa shape index (κ2) is 30.8. The minimum Gasteiger partial charge on any atom is -1.00 e. The fraction of sp³-hybridized carbons (Fsp3) is 0. The van der Waals surface area contributed by atoms with Crippen LogP contribution in [0.4, 0.5) is 0 Å². The maximum Gasteiger partial charge on any atom is 3.00 e. The van der Waals surface area contributed by atoms with Gasteiger partial charge < -0.3 is 95.9 Å². The molecule has 0 amide bonds. The van der Waals surface area contributed by atoms with Gasteiger partial charge >= 0.3 is 95.1 Å². The van der Waals surface area contributed by atoms with E-state index in [0.29, 0.717) is 0 Å². The topological polar surface area (TPSA) is 0 Å². The van der Waals surface area contributed by atoms with Crippen LogP contribution in [0.25, 0.3) is 0 Å². The van der Waals surface area contributed by atoms with Gasteiger partial charge in [-0.05, 0) is 0 Å². The number of halogens is 4. The van der Waals surface area contributed by atoms with E-state index in [1.54, 1.807) is 0 Å². The molecule has 0 spiro atoms. The predicted molar refractivity (Wildman–Crippen MR) is 5.75 cm³/mol. The maximum absolute atomic E-state index is 0. The molecular weight excluding hydrogens is 850 g/mol. The first-order valence-corrected chi connectivity index (χ1v) is 0. The molecule has 0 aliphatic carbocycles. The Bertz CT molecular complexity index is 7.51. The van der Waals surface area contributed by atoms with Crippen LogP contribution in [0.5, 0.6) is 0 Å². The van der Waals surface area contributed by atoms with Gasteiger partial charge in [-0.1, -0.05) is 0 Å². The van der Waals surface area contributed by atoms with Crippen molar-refractivity contribution in [2.24, 2.45) is 0 Å². The standard InChI is InChI=1S/Bi.Cs.4HI/h;;4*1H/q+3;+1;;;;/p-4. The second-order valence-electron chi connectivity index (χ2n) is 0. The van der Waals surface area contributed by atoms with Gasteiger partial charge in [-0.3, -0.25) is 0 Å². The Morgan fingerprint density at radius 3 is 0.500 bits per heavy atom. The quantitative estimate of drug-likeness (QED) is 0.168. The molecule has 6 heavy (non-hydrogen) atoms. The van der Waals surface area contributed by atoms with Gasteiger partial charge in [-0.25, -0.2) is 0 Å². The van der Waals surface area contributed by atoms with E-state index in [0.717, 1.165) is 0 Å². The molecular formula is BiCsI4. The summed E-state index contributed by atoms with van der Waals surface area (Å²) in [7, 11) is 0. The molecule has 0 fully saturated rings. The van der Waals surface area contributed by atoms with Gasteiger partial charge in [0.1, 0.15) is 0 Å². The van der Waals surface area contributed by atoms with E-state index in [9.17, 15) is 0 Å². The molecule has 2 radical (unpaired) electrons. The number of rotatable bonds is 0. The largest absolute Gasteiger partial charge is 3.00 e. The summed E-state index contributed by atoms with van der Waals surface area (Å²) in [5.41, 5.74) is 0. The van der Waals surface area contributed by atoms with Crippen LogP contribution < -0.4 is 165 Å². The van der Waals surface area contributed by atoms with Gasteiger partial charge in [0.25, 0.3) is 0 Å². The van der Waals surface area contributed by atoms with E-state index < -0.39 is 0 Å². The predicted octanol–water partition coefficient (Wildman–Crippen LogP) is -15.4. The van der Waals surface area contributed by atoms with E-state index in [4.69, 9.17) is 0 Å². The molecule has 0 atom stereocenters. The van der Waals surface area contributed by atoms with E-state index in [1.165, 1.54) is 0 Å². The van der Waals surface area contributed by atoms with Crippen LogP contribution >= 0.6 is 0 Å². The molecule has 0 saturated carbocycles.